The smallest absolute Gasteiger partial charge is 0.254 e. The molecule has 2 heterocycles. The van der Waals surface area contributed by atoms with Gasteiger partial charge in [-0.2, -0.15) is 0 Å². The third-order valence-electron chi connectivity index (χ3n) is 3.51. The van der Waals surface area contributed by atoms with Crippen LogP contribution in [0.5, 0.6) is 11.6 Å². The molecule has 1 aromatic carbocycles. The van der Waals surface area contributed by atoms with Gasteiger partial charge in [0, 0.05) is 30.6 Å². The Morgan fingerprint density at radius 1 is 1.15 bits per heavy atom. The Balaban J connectivity index is 1.73. The Labute approximate surface area is 154 Å². The molecule has 0 aliphatic heterocycles. The van der Waals surface area contributed by atoms with E-state index in [0.717, 1.165) is 0 Å². The minimum atomic E-state index is -0.394. The summed E-state index contributed by atoms with van der Waals surface area (Å²) in [5, 5.41) is 3.50. The average Bonchev–Trinajstić information content (AvgIpc) is 2.67. The second-order valence-electron chi connectivity index (χ2n) is 5.27. The number of carbonyl (C=O) groups excluding carboxylic acids is 1. The molecule has 3 aromatic rings. The predicted octanol–water partition coefficient (Wildman–Crippen LogP) is 4.06. The zero-order valence-corrected chi connectivity index (χ0v) is 14.8. The van der Waals surface area contributed by atoms with Gasteiger partial charge in [-0.1, -0.05) is 12.1 Å². The fraction of sp³-hybridized carbons (Fsp3) is 0.105. The van der Waals surface area contributed by atoms with E-state index in [9.17, 15) is 9.18 Å². The van der Waals surface area contributed by atoms with E-state index < -0.39 is 5.82 Å². The van der Waals surface area contributed by atoms with Gasteiger partial charge < -0.3 is 10.1 Å². The maximum atomic E-state index is 13.3. The summed E-state index contributed by atoms with van der Waals surface area (Å²) in [6.07, 6.45) is 5.09. The highest BCUT2D eigenvalue weighted by molar-refractivity contribution is 7.98. The van der Waals surface area contributed by atoms with Crippen molar-refractivity contribution in [3.63, 3.8) is 0 Å². The summed E-state index contributed by atoms with van der Waals surface area (Å²) in [4.78, 5) is 20.8. The molecule has 0 atom stereocenters. The van der Waals surface area contributed by atoms with Crippen molar-refractivity contribution in [1.29, 1.82) is 0 Å². The molecule has 5 nitrogen and oxygen atoms in total. The standard InChI is InChI=1S/C19H16FN3O2S/c1-26-19-16(8-4-10-22-19)17(24)23-12-13-5-3-9-21-18(13)25-15-7-2-6-14(20)11-15/h2-11H,12H2,1H3,(H,23,24). The monoisotopic (exact) mass is 369 g/mol. The summed E-state index contributed by atoms with van der Waals surface area (Å²) in [7, 11) is 0. The zero-order chi connectivity index (χ0) is 18.4. The molecule has 1 N–H and O–H groups in total. The van der Waals surface area contributed by atoms with Gasteiger partial charge in [-0.25, -0.2) is 14.4 Å². The molecule has 0 unspecified atom stereocenters. The van der Waals surface area contributed by atoms with Crippen LogP contribution in [-0.4, -0.2) is 22.1 Å². The second kappa shape index (κ2) is 8.44. The quantitative estimate of drug-likeness (QED) is 0.664. The molecule has 1 amide bonds. The van der Waals surface area contributed by atoms with Crippen molar-refractivity contribution in [2.75, 3.05) is 6.26 Å². The predicted molar refractivity (Wildman–Crippen MR) is 97.9 cm³/mol. The van der Waals surface area contributed by atoms with Crippen molar-refractivity contribution in [1.82, 2.24) is 15.3 Å². The third-order valence-corrected chi connectivity index (χ3v) is 4.22. The number of pyridine rings is 2. The lowest BCUT2D eigenvalue weighted by Crippen LogP contribution is -2.24. The molecule has 7 heteroatoms. The Morgan fingerprint density at radius 3 is 2.77 bits per heavy atom. The van der Waals surface area contributed by atoms with Crippen LogP contribution in [0, 0.1) is 5.82 Å². The minimum absolute atomic E-state index is 0.222. The normalized spacial score (nSPS) is 10.4. The van der Waals surface area contributed by atoms with Gasteiger partial charge >= 0.3 is 0 Å². The molecular weight excluding hydrogens is 353 g/mol. The molecule has 0 fully saturated rings. The number of halogens is 1. The van der Waals surface area contributed by atoms with E-state index in [-0.39, 0.29) is 12.5 Å². The van der Waals surface area contributed by atoms with Crippen molar-refractivity contribution in [3.05, 3.63) is 77.9 Å². The zero-order valence-electron chi connectivity index (χ0n) is 14.0. The van der Waals surface area contributed by atoms with E-state index in [1.807, 2.05) is 6.26 Å². The number of benzene rings is 1. The van der Waals surface area contributed by atoms with Crippen LogP contribution in [0.3, 0.4) is 0 Å². The highest BCUT2D eigenvalue weighted by Crippen LogP contribution is 2.23. The van der Waals surface area contributed by atoms with E-state index in [1.54, 1.807) is 48.8 Å². The van der Waals surface area contributed by atoms with E-state index in [0.29, 0.717) is 27.8 Å². The number of ether oxygens (including phenoxy) is 1. The first-order valence-corrected chi connectivity index (χ1v) is 9.04. The van der Waals surface area contributed by atoms with Crippen LogP contribution in [-0.2, 0) is 6.54 Å². The Kier molecular flexibility index (Phi) is 5.80. The SMILES string of the molecule is CSc1ncccc1C(=O)NCc1cccnc1Oc1cccc(F)c1. The molecule has 0 saturated heterocycles. The fourth-order valence-electron chi connectivity index (χ4n) is 2.29. The van der Waals surface area contributed by atoms with E-state index >= 15 is 0 Å². The maximum absolute atomic E-state index is 13.3. The topological polar surface area (TPSA) is 64.1 Å². The third kappa shape index (κ3) is 4.37. The Morgan fingerprint density at radius 2 is 1.96 bits per heavy atom. The van der Waals surface area contributed by atoms with Crippen LogP contribution >= 0.6 is 11.8 Å². The number of nitrogens with one attached hydrogen (secondary N) is 1. The Bertz CT molecular complexity index is 921. The van der Waals surface area contributed by atoms with Crippen LogP contribution in [0.2, 0.25) is 0 Å². The lowest BCUT2D eigenvalue weighted by atomic mass is 10.2. The molecule has 26 heavy (non-hydrogen) atoms. The van der Waals surface area contributed by atoms with Crippen molar-refractivity contribution in [3.8, 4) is 11.6 Å². The summed E-state index contributed by atoms with van der Waals surface area (Å²) in [5.74, 6) is 0.0281. The number of hydrogen-bond donors (Lipinski definition) is 1. The van der Waals surface area contributed by atoms with Gasteiger partial charge in [0.05, 0.1) is 5.56 Å². The molecule has 0 bridgehead atoms. The fourth-order valence-corrected chi connectivity index (χ4v) is 2.84. The van der Waals surface area contributed by atoms with Crippen LogP contribution in [0.4, 0.5) is 4.39 Å². The summed E-state index contributed by atoms with van der Waals surface area (Å²) in [5.41, 5.74) is 1.19. The number of amides is 1. The van der Waals surface area contributed by atoms with Crippen molar-refractivity contribution >= 4 is 17.7 Å². The van der Waals surface area contributed by atoms with Crippen LogP contribution < -0.4 is 10.1 Å². The molecule has 0 aliphatic carbocycles. The summed E-state index contributed by atoms with van der Waals surface area (Å²) in [6, 6.07) is 12.8. The van der Waals surface area contributed by atoms with Crippen molar-refractivity contribution in [2.45, 2.75) is 11.6 Å². The highest BCUT2D eigenvalue weighted by Gasteiger charge is 2.13. The van der Waals surface area contributed by atoms with Crippen LogP contribution in [0.15, 0.2) is 66.0 Å². The van der Waals surface area contributed by atoms with Crippen LogP contribution in [0.1, 0.15) is 15.9 Å². The van der Waals surface area contributed by atoms with Crippen LogP contribution in [0.25, 0.3) is 0 Å². The summed E-state index contributed by atoms with van der Waals surface area (Å²) >= 11 is 1.41. The van der Waals surface area contributed by atoms with E-state index in [1.165, 1.54) is 23.9 Å². The second-order valence-corrected chi connectivity index (χ2v) is 6.06. The highest BCUT2D eigenvalue weighted by atomic mass is 32.2. The van der Waals surface area contributed by atoms with E-state index in [4.69, 9.17) is 4.74 Å². The molecule has 0 saturated carbocycles. The average molecular weight is 369 g/mol. The Hall–Kier alpha value is -2.93. The molecular formula is C19H16FN3O2S. The van der Waals surface area contributed by atoms with Gasteiger partial charge in [0.2, 0.25) is 5.88 Å². The molecule has 132 valence electrons. The van der Waals surface area contributed by atoms with E-state index in [2.05, 4.69) is 15.3 Å². The first-order valence-electron chi connectivity index (χ1n) is 7.82. The number of carbonyl (C=O) groups is 1. The molecule has 0 radical (unpaired) electrons. The molecule has 3 rings (SSSR count). The molecule has 2 aromatic heterocycles. The first kappa shape index (κ1) is 17.9. The molecule has 0 spiro atoms. The summed E-state index contributed by atoms with van der Waals surface area (Å²) in [6.45, 7) is 0.222. The first-order chi connectivity index (χ1) is 12.7. The number of rotatable bonds is 6. The van der Waals surface area contributed by atoms with Crippen molar-refractivity contribution < 1.29 is 13.9 Å². The van der Waals surface area contributed by atoms with Gasteiger partial charge in [-0.15, -0.1) is 11.8 Å². The summed E-state index contributed by atoms with van der Waals surface area (Å²) < 4.78 is 19.0. The lowest BCUT2D eigenvalue weighted by Gasteiger charge is -2.11. The maximum Gasteiger partial charge on any atom is 0.254 e. The number of aromatic nitrogens is 2. The van der Waals surface area contributed by atoms with Gasteiger partial charge in [0.25, 0.3) is 5.91 Å². The minimum Gasteiger partial charge on any atom is -0.439 e. The number of hydrogen-bond acceptors (Lipinski definition) is 5. The molecule has 0 aliphatic rings. The number of nitrogens with zero attached hydrogens (tertiary/aromatic N) is 2. The van der Waals surface area contributed by atoms with Gasteiger partial charge in [-0.3, -0.25) is 4.79 Å². The largest absolute Gasteiger partial charge is 0.439 e. The lowest BCUT2D eigenvalue weighted by molar-refractivity contribution is 0.0947. The van der Waals surface area contributed by atoms with Gasteiger partial charge in [-0.05, 0) is 36.6 Å². The van der Waals surface area contributed by atoms with Crippen molar-refractivity contribution in [2.24, 2.45) is 0 Å². The van der Waals surface area contributed by atoms with Gasteiger partial charge in [0.1, 0.15) is 16.6 Å². The van der Waals surface area contributed by atoms with Gasteiger partial charge in [0.15, 0.2) is 0 Å². The number of thioether (sulfide) groups is 1.